The lowest BCUT2D eigenvalue weighted by atomic mass is 10.1. The molecule has 0 aromatic heterocycles. The van der Waals surface area contributed by atoms with Crippen LogP contribution >= 0.6 is 11.8 Å². The van der Waals surface area contributed by atoms with Gasteiger partial charge in [0, 0.05) is 5.75 Å². The summed E-state index contributed by atoms with van der Waals surface area (Å²) < 4.78 is 29.8. The van der Waals surface area contributed by atoms with Gasteiger partial charge in [-0.15, -0.1) is 0 Å². The normalized spacial score (nSPS) is 23.2. The first kappa shape index (κ1) is 18.4. The quantitative estimate of drug-likeness (QED) is 0.786. The molecular formula is C20H22N2O3S2. The Morgan fingerprint density at radius 3 is 2.63 bits per heavy atom. The van der Waals surface area contributed by atoms with E-state index in [0.717, 1.165) is 22.4 Å². The first-order chi connectivity index (χ1) is 13.0. The molecule has 2 aliphatic rings. The molecule has 0 bridgehead atoms. The molecule has 7 heteroatoms. The Morgan fingerprint density at radius 1 is 1.15 bits per heavy atom. The van der Waals surface area contributed by atoms with E-state index in [1.165, 1.54) is 11.1 Å². The molecule has 0 spiro atoms. The van der Waals surface area contributed by atoms with Gasteiger partial charge in [-0.1, -0.05) is 53.7 Å². The van der Waals surface area contributed by atoms with E-state index >= 15 is 0 Å². The summed E-state index contributed by atoms with van der Waals surface area (Å²) in [5.41, 5.74) is 3.33. The Kier molecular flexibility index (Phi) is 4.90. The lowest BCUT2D eigenvalue weighted by Crippen LogP contribution is -2.39. The molecule has 0 N–H and O–H groups in total. The van der Waals surface area contributed by atoms with Crippen molar-refractivity contribution in [3.63, 3.8) is 0 Å². The molecule has 4 rings (SSSR count). The second-order valence-electron chi connectivity index (χ2n) is 6.94. The van der Waals surface area contributed by atoms with Crippen molar-refractivity contribution in [2.45, 2.75) is 24.8 Å². The van der Waals surface area contributed by atoms with Crippen LogP contribution in [-0.4, -0.2) is 44.3 Å². The summed E-state index contributed by atoms with van der Waals surface area (Å²) in [5.74, 6) is 1.77. The fourth-order valence-electron chi connectivity index (χ4n) is 3.58. The molecule has 0 aliphatic carbocycles. The molecule has 2 heterocycles. The molecule has 1 saturated heterocycles. The summed E-state index contributed by atoms with van der Waals surface area (Å²) in [7, 11) is -1.43. The smallest absolute Gasteiger partial charge is 0.164 e. The molecule has 2 atom stereocenters. The number of aryl methyl sites for hydroxylation is 1. The highest BCUT2D eigenvalue weighted by atomic mass is 32.2. The number of rotatable bonds is 4. The van der Waals surface area contributed by atoms with Crippen LogP contribution in [0.4, 0.5) is 5.69 Å². The Balaban J connectivity index is 1.64. The number of ether oxygens (including phenoxy) is 1. The number of hydrogen-bond acceptors (Lipinski definition) is 6. The molecule has 27 heavy (non-hydrogen) atoms. The number of aliphatic imine (C=N–C) groups is 1. The van der Waals surface area contributed by atoms with Gasteiger partial charge < -0.3 is 9.64 Å². The number of methoxy groups -OCH3 is 1. The van der Waals surface area contributed by atoms with Gasteiger partial charge in [0.05, 0.1) is 36.4 Å². The van der Waals surface area contributed by atoms with Gasteiger partial charge in [-0.05, 0) is 24.6 Å². The lowest BCUT2D eigenvalue weighted by molar-refractivity contribution is 0.415. The average molecular weight is 403 g/mol. The van der Waals surface area contributed by atoms with E-state index in [1.54, 1.807) is 18.9 Å². The molecule has 0 saturated carbocycles. The number of sulfone groups is 1. The minimum absolute atomic E-state index is 0.123. The zero-order valence-electron chi connectivity index (χ0n) is 15.3. The second kappa shape index (κ2) is 7.20. The molecule has 2 aromatic rings. The van der Waals surface area contributed by atoms with Crippen LogP contribution in [0, 0.1) is 6.92 Å². The van der Waals surface area contributed by atoms with Crippen molar-refractivity contribution >= 4 is 32.5 Å². The first-order valence-corrected chi connectivity index (χ1v) is 11.7. The van der Waals surface area contributed by atoms with Gasteiger partial charge in [0.25, 0.3) is 0 Å². The number of nitrogens with zero attached hydrogens (tertiary/aromatic N) is 2. The molecule has 1 fully saturated rings. The Labute approximate surface area is 164 Å². The van der Waals surface area contributed by atoms with E-state index in [1.807, 2.05) is 24.3 Å². The fourth-order valence-corrected chi connectivity index (χ4v) is 6.49. The predicted octanol–water partition coefficient (Wildman–Crippen LogP) is 3.28. The van der Waals surface area contributed by atoms with Crippen molar-refractivity contribution in [1.29, 1.82) is 0 Å². The standard InChI is InChI=1S/C20H22N2O3S2/c1-14-7-9-15(10-8-14)11-26-20-21-16-12-27(23,24)13-18(16)22(20)17-5-3-4-6-19(17)25-2/h3-10,16,18H,11-13H2,1-2H3/t16-,18+/m0/s1. The fraction of sp³-hybridized carbons (Fsp3) is 0.350. The second-order valence-corrected chi connectivity index (χ2v) is 10.0. The maximum Gasteiger partial charge on any atom is 0.164 e. The number of fused-ring (bicyclic) bond motifs is 1. The monoisotopic (exact) mass is 402 g/mol. The van der Waals surface area contributed by atoms with E-state index in [4.69, 9.17) is 9.73 Å². The third-order valence-corrected chi connectivity index (χ3v) is 7.68. The molecule has 0 radical (unpaired) electrons. The summed E-state index contributed by atoms with van der Waals surface area (Å²) >= 11 is 1.65. The van der Waals surface area contributed by atoms with Gasteiger partial charge in [-0.25, -0.2) is 8.42 Å². The van der Waals surface area contributed by atoms with Crippen LogP contribution in [0.2, 0.25) is 0 Å². The van der Waals surface area contributed by atoms with Crippen molar-refractivity contribution < 1.29 is 13.2 Å². The van der Waals surface area contributed by atoms with Crippen molar-refractivity contribution in [2.75, 3.05) is 23.5 Å². The predicted molar refractivity (Wildman–Crippen MR) is 112 cm³/mol. The lowest BCUT2D eigenvalue weighted by Gasteiger charge is -2.27. The number of thioether (sulfide) groups is 1. The molecular weight excluding hydrogens is 380 g/mol. The van der Waals surface area contributed by atoms with E-state index in [0.29, 0.717) is 0 Å². The van der Waals surface area contributed by atoms with Crippen LogP contribution in [0.25, 0.3) is 0 Å². The Hall–Kier alpha value is -1.99. The largest absolute Gasteiger partial charge is 0.495 e. The van der Waals surface area contributed by atoms with Crippen LogP contribution in [0.1, 0.15) is 11.1 Å². The zero-order valence-corrected chi connectivity index (χ0v) is 17.0. The maximum atomic E-state index is 12.2. The van der Waals surface area contributed by atoms with Gasteiger partial charge in [-0.2, -0.15) is 0 Å². The van der Waals surface area contributed by atoms with Crippen LogP contribution in [0.5, 0.6) is 5.75 Å². The summed E-state index contributed by atoms with van der Waals surface area (Å²) in [4.78, 5) is 6.84. The molecule has 0 amide bonds. The number of para-hydroxylation sites is 2. The molecule has 5 nitrogen and oxygen atoms in total. The minimum atomic E-state index is -3.06. The van der Waals surface area contributed by atoms with Crippen molar-refractivity contribution in [2.24, 2.45) is 4.99 Å². The first-order valence-electron chi connectivity index (χ1n) is 8.86. The van der Waals surface area contributed by atoms with Gasteiger partial charge in [-0.3, -0.25) is 4.99 Å². The van der Waals surface area contributed by atoms with Crippen LogP contribution < -0.4 is 9.64 Å². The highest BCUT2D eigenvalue weighted by Crippen LogP contribution is 2.39. The van der Waals surface area contributed by atoms with E-state index < -0.39 is 9.84 Å². The maximum absolute atomic E-state index is 12.2. The van der Waals surface area contributed by atoms with Gasteiger partial charge in [0.2, 0.25) is 0 Å². The summed E-state index contributed by atoms with van der Waals surface area (Å²) in [5, 5.41) is 0.866. The summed E-state index contributed by atoms with van der Waals surface area (Å²) in [6, 6.07) is 15.8. The Morgan fingerprint density at radius 2 is 1.89 bits per heavy atom. The van der Waals surface area contributed by atoms with Gasteiger partial charge in [0.15, 0.2) is 15.0 Å². The van der Waals surface area contributed by atoms with Crippen LogP contribution in [0.3, 0.4) is 0 Å². The number of benzene rings is 2. The van der Waals surface area contributed by atoms with Crippen LogP contribution in [-0.2, 0) is 15.6 Å². The van der Waals surface area contributed by atoms with Crippen LogP contribution in [0.15, 0.2) is 53.5 Å². The number of amidine groups is 1. The van der Waals surface area contributed by atoms with Gasteiger partial charge >= 0.3 is 0 Å². The molecule has 2 aliphatic heterocycles. The van der Waals surface area contributed by atoms with E-state index in [2.05, 4.69) is 36.1 Å². The number of anilines is 1. The van der Waals surface area contributed by atoms with Gasteiger partial charge in [0.1, 0.15) is 5.75 Å². The van der Waals surface area contributed by atoms with E-state index in [-0.39, 0.29) is 23.6 Å². The SMILES string of the molecule is COc1ccccc1N1C(SCc2ccc(C)cc2)=N[C@H]2CS(=O)(=O)C[C@H]21. The third-order valence-electron chi connectivity index (χ3n) is 4.94. The van der Waals surface area contributed by atoms with Crippen molar-refractivity contribution in [1.82, 2.24) is 0 Å². The molecule has 142 valence electrons. The van der Waals surface area contributed by atoms with Crippen molar-refractivity contribution in [3.8, 4) is 5.75 Å². The summed E-state index contributed by atoms with van der Waals surface area (Å²) in [6.07, 6.45) is 0. The minimum Gasteiger partial charge on any atom is -0.495 e. The molecule has 2 aromatic carbocycles. The Bertz CT molecular complexity index is 971. The zero-order chi connectivity index (χ0) is 19.0. The average Bonchev–Trinajstić information content (AvgIpc) is 3.12. The number of hydrogen-bond donors (Lipinski definition) is 0. The highest BCUT2D eigenvalue weighted by molar-refractivity contribution is 8.13. The third kappa shape index (κ3) is 3.71. The highest BCUT2D eigenvalue weighted by Gasteiger charge is 2.47. The van der Waals surface area contributed by atoms with E-state index in [9.17, 15) is 8.42 Å². The van der Waals surface area contributed by atoms with Crippen molar-refractivity contribution in [3.05, 3.63) is 59.7 Å². The topological polar surface area (TPSA) is 59.0 Å². The summed E-state index contributed by atoms with van der Waals surface area (Å²) in [6.45, 7) is 2.07. The molecule has 0 unspecified atom stereocenters.